The number of carbonyl (C=O) groups is 2. The van der Waals surface area contributed by atoms with E-state index in [4.69, 9.17) is 15.2 Å². The topological polar surface area (TPSA) is 87.9 Å². The van der Waals surface area contributed by atoms with Crippen molar-refractivity contribution in [1.82, 2.24) is 0 Å². The predicted molar refractivity (Wildman–Crippen MR) is 69.3 cm³/mol. The normalized spacial score (nSPS) is 10.2. The molecule has 1 aromatic rings. The van der Waals surface area contributed by atoms with Crippen LogP contribution in [0.1, 0.15) is 34.6 Å². The zero-order valence-corrected chi connectivity index (χ0v) is 11.4. The third-order valence-electron chi connectivity index (χ3n) is 2.35. The maximum absolute atomic E-state index is 11.9. The Kier molecular flexibility index (Phi) is 4.74. The minimum Gasteiger partial charge on any atom is -0.495 e. The molecule has 0 spiro atoms. The molecule has 0 aromatic heterocycles. The number of rotatable bonds is 4. The molecule has 0 bridgehead atoms. The summed E-state index contributed by atoms with van der Waals surface area (Å²) < 4.78 is 14.7. The molecular weight excluding hydrogens is 250 g/mol. The molecule has 0 fully saturated rings. The van der Waals surface area contributed by atoms with Crippen molar-refractivity contribution >= 4 is 17.6 Å². The van der Waals surface area contributed by atoms with Crippen LogP contribution >= 0.6 is 0 Å². The highest BCUT2D eigenvalue weighted by atomic mass is 16.5. The van der Waals surface area contributed by atoms with Crippen LogP contribution in [0.4, 0.5) is 5.69 Å². The summed E-state index contributed by atoms with van der Waals surface area (Å²) in [6, 6.07) is 2.74. The molecule has 0 aliphatic rings. The lowest BCUT2D eigenvalue weighted by molar-refractivity contribution is 0.0379. The number of methoxy groups -OCH3 is 2. The Balaban J connectivity index is 3.29. The zero-order valence-electron chi connectivity index (χ0n) is 11.4. The lowest BCUT2D eigenvalue weighted by Gasteiger charge is -2.13. The molecule has 19 heavy (non-hydrogen) atoms. The maximum Gasteiger partial charge on any atom is 0.340 e. The van der Waals surface area contributed by atoms with Gasteiger partial charge in [-0.1, -0.05) is 0 Å². The van der Waals surface area contributed by atoms with Gasteiger partial charge in [0.1, 0.15) is 5.75 Å². The Hall–Kier alpha value is -2.24. The highest BCUT2D eigenvalue weighted by molar-refractivity contribution is 6.01. The Morgan fingerprint density at radius 2 is 1.79 bits per heavy atom. The van der Waals surface area contributed by atoms with E-state index in [0.29, 0.717) is 0 Å². The Morgan fingerprint density at radius 1 is 1.16 bits per heavy atom. The van der Waals surface area contributed by atoms with Gasteiger partial charge in [-0.15, -0.1) is 0 Å². The van der Waals surface area contributed by atoms with Gasteiger partial charge in [0.2, 0.25) is 0 Å². The predicted octanol–water partition coefficient (Wildman–Crippen LogP) is 1.63. The number of ether oxygens (including phenoxy) is 3. The van der Waals surface area contributed by atoms with Crippen molar-refractivity contribution in [3.8, 4) is 5.75 Å². The molecule has 104 valence electrons. The highest BCUT2D eigenvalue weighted by Gasteiger charge is 2.20. The summed E-state index contributed by atoms with van der Waals surface area (Å²) in [5.41, 5.74) is 6.18. The second-order valence-corrected chi connectivity index (χ2v) is 4.09. The minimum absolute atomic E-state index is 0.0773. The number of benzene rings is 1. The van der Waals surface area contributed by atoms with Crippen LogP contribution in [0.15, 0.2) is 12.1 Å². The fraction of sp³-hybridized carbons (Fsp3) is 0.385. The van der Waals surface area contributed by atoms with Crippen LogP contribution in [0.5, 0.6) is 5.75 Å². The van der Waals surface area contributed by atoms with Gasteiger partial charge in [0, 0.05) is 0 Å². The molecule has 6 heteroatoms. The molecule has 6 nitrogen and oxygen atoms in total. The molecule has 1 aromatic carbocycles. The van der Waals surface area contributed by atoms with Gasteiger partial charge in [0.05, 0.1) is 37.1 Å². The van der Waals surface area contributed by atoms with E-state index in [1.165, 1.54) is 26.4 Å². The van der Waals surface area contributed by atoms with Crippen molar-refractivity contribution in [2.75, 3.05) is 20.0 Å². The molecule has 0 radical (unpaired) electrons. The van der Waals surface area contributed by atoms with E-state index < -0.39 is 11.9 Å². The summed E-state index contributed by atoms with van der Waals surface area (Å²) in [6.07, 6.45) is -0.292. The molecule has 0 heterocycles. The quantitative estimate of drug-likeness (QED) is 0.659. The molecule has 0 aliphatic heterocycles. The first-order valence-electron chi connectivity index (χ1n) is 5.67. The van der Waals surface area contributed by atoms with E-state index in [2.05, 4.69) is 4.74 Å². The molecule has 0 unspecified atom stereocenters. The number of esters is 2. The average Bonchev–Trinajstić information content (AvgIpc) is 2.37. The van der Waals surface area contributed by atoms with E-state index >= 15 is 0 Å². The highest BCUT2D eigenvalue weighted by Crippen LogP contribution is 2.28. The van der Waals surface area contributed by atoms with Crippen LogP contribution in [-0.2, 0) is 9.47 Å². The second kappa shape index (κ2) is 6.08. The molecule has 0 atom stereocenters. The molecule has 1 rings (SSSR count). The van der Waals surface area contributed by atoms with Crippen LogP contribution in [0.25, 0.3) is 0 Å². The average molecular weight is 267 g/mol. The molecule has 0 saturated carbocycles. The van der Waals surface area contributed by atoms with E-state index in [1.807, 2.05) is 0 Å². The van der Waals surface area contributed by atoms with Crippen molar-refractivity contribution in [1.29, 1.82) is 0 Å². The van der Waals surface area contributed by atoms with Crippen LogP contribution < -0.4 is 10.5 Å². The number of nitrogen functional groups attached to an aromatic ring is 1. The third kappa shape index (κ3) is 3.37. The van der Waals surface area contributed by atoms with E-state index in [0.717, 1.165) is 0 Å². The largest absolute Gasteiger partial charge is 0.495 e. The summed E-state index contributed by atoms with van der Waals surface area (Å²) in [6.45, 7) is 3.44. The summed E-state index contributed by atoms with van der Waals surface area (Å²) in [5, 5.41) is 0. The van der Waals surface area contributed by atoms with Gasteiger partial charge in [-0.05, 0) is 26.0 Å². The van der Waals surface area contributed by atoms with Crippen LogP contribution in [0.2, 0.25) is 0 Å². The second-order valence-electron chi connectivity index (χ2n) is 4.09. The lowest BCUT2D eigenvalue weighted by atomic mass is 10.1. The van der Waals surface area contributed by atoms with Crippen molar-refractivity contribution in [2.24, 2.45) is 0 Å². The van der Waals surface area contributed by atoms with Gasteiger partial charge >= 0.3 is 11.9 Å². The molecular formula is C13H17NO5. The zero-order chi connectivity index (χ0) is 14.6. The maximum atomic E-state index is 11.9. The fourth-order valence-corrected chi connectivity index (χ4v) is 1.48. The van der Waals surface area contributed by atoms with Gasteiger partial charge in [-0.25, -0.2) is 9.59 Å². The smallest absolute Gasteiger partial charge is 0.340 e. The van der Waals surface area contributed by atoms with Gasteiger partial charge < -0.3 is 19.9 Å². The Labute approximate surface area is 111 Å². The summed E-state index contributed by atoms with van der Waals surface area (Å²) in [5.74, 6) is -0.980. The van der Waals surface area contributed by atoms with E-state index in [-0.39, 0.29) is 28.7 Å². The summed E-state index contributed by atoms with van der Waals surface area (Å²) >= 11 is 0. The van der Waals surface area contributed by atoms with Gasteiger partial charge in [0.25, 0.3) is 0 Å². The van der Waals surface area contributed by atoms with Crippen molar-refractivity contribution in [3.63, 3.8) is 0 Å². The number of anilines is 1. The third-order valence-corrected chi connectivity index (χ3v) is 2.35. The SMILES string of the molecule is COC(=O)c1cc(OC)c(N)c(C(=O)OC(C)C)c1. The van der Waals surface area contributed by atoms with Crippen molar-refractivity contribution in [2.45, 2.75) is 20.0 Å². The Morgan fingerprint density at radius 3 is 2.26 bits per heavy atom. The standard InChI is InChI=1S/C13H17NO5/c1-7(2)19-13(16)9-5-8(12(15)18-4)6-10(17-3)11(9)14/h5-7H,14H2,1-4H3. The summed E-state index contributed by atoms with van der Waals surface area (Å²) in [7, 11) is 2.64. The molecule has 2 N–H and O–H groups in total. The first-order chi connectivity index (χ1) is 8.90. The van der Waals surface area contributed by atoms with Crippen LogP contribution in [0, 0.1) is 0 Å². The van der Waals surface area contributed by atoms with Crippen LogP contribution in [-0.4, -0.2) is 32.3 Å². The minimum atomic E-state index is -0.614. The number of hydrogen-bond donors (Lipinski definition) is 1. The molecule has 0 aliphatic carbocycles. The first-order valence-corrected chi connectivity index (χ1v) is 5.67. The van der Waals surface area contributed by atoms with Crippen LogP contribution in [0.3, 0.4) is 0 Å². The lowest BCUT2D eigenvalue weighted by Crippen LogP contribution is -2.15. The van der Waals surface area contributed by atoms with Gasteiger partial charge in [-0.2, -0.15) is 0 Å². The fourth-order valence-electron chi connectivity index (χ4n) is 1.48. The number of carbonyl (C=O) groups excluding carboxylic acids is 2. The van der Waals surface area contributed by atoms with Gasteiger partial charge in [-0.3, -0.25) is 0 Å². The number of hydrogen-bond acceptors (Lipinski definition) is 6. The molecule has 0 amide bonds. The van der Waals surface area contributed by atoms with E-state index in [9.17, 15) is 9.59 Å². The summed E-state index contributed by atoms with van der Waals surface area (Å²) in [4.78, 5) is 23.4. The monoisotopic (exact) mass is 267 g/mol. The molecule has 0 saturated heterocycles. The van der Waals surface area contributed by atoms with Crippen molar-refractivity contribution in [3.05, 3.63) is 23.3 Å². The first kappa shape index (κ1) is 14.8. The van der Waals surface area contributed by atoms with E-state index in [1.54, 1.807) is 13.8 Å². The Bertz CT molecular complexity index is 496. The number of nitrogens with two attached hydrogens (primary N) is 1. The van der Waals surface area contributed by atoms with Crippen molar-refractivity contribution < 1.29 is 23.8 Å². The van der Waals surface area contributed by atoms with Gasteiger partial charge in [0.15, 0.2) is 0 Å².